The number of alkyl halides is 1. The molecule has 0 bridgehead atoms. The molecule has 0 spiro atoms. The Balaban J connectivity index is 1.96. The molecular weight excluding hydrogens is 662 g/mol. The summed E-state index contributed by atoms with van der Waals surface area (Å²) in [6, 6.07) is 9.70. The van der Waals surface area contributed by atoms with Gasteiger partial charge in [0.1, 0.15) is 18.0 Å². The summed E-state index contributed by atoms with van der Waals surface area (Å²) in [6.07, 6.45) is -0.607. The van der Waals surface area contributed by atoms with E-state index in [-0.39, 0.29) is 31.7 Å². The van der Waals surface area contributed by atoms with E-state index < -0.39 is 70.6 Å². The molecule has 1 aliphatic rings. The second-order valence-corrected chi connectivity index (χ2v) is 14.3. The zero-order valence-electron chi connectivity index (χ0n) is 28.1. The van der Waals surface area contributed by atoms with Crippen LogP contribution in [-0.2, 0) is 35.1 Å². The Kier molecular flexibility index (Phi) is 14.0. The SMILES string of the molecule is Cc1ccc(CC2NC(=O)/C=C/CC(C(C)C(O)C(Cl)c3ccc(F)cc3)OC(=O)C(CC(C)C)OC(=O)C(C)(C)CNC2=O)cc1Cl. The summed E-state index contributed by atoms with van der Waals surface area (Å²) in [4.78, 5) is 53.5. The first-order valence-corrected chi connectivity index (χ1v) is 16.8. The summed E-state index contributed by atoms with van der Waals surface area (Å²) in [5, 5.41) is 16.2. The number of carbonyl (C=O) groups excluding carboxylic acids is 4. The van der Waals surface area contributed by atoms with Crippen LogP contribution in [0, 0.1) is 30.0 Å². The molecule has 262 valence electrons. The van der Waals surface area contributed by atoms with Crippen molar-refractivity contribution in [3.05, 3.63) is 82.1 Å². The number of nitrogens with one attached hydrogen (secondary N) is 2. The standard InChI is InChI=1S/C36H45Cl2FN2O7/c1-20(2)16-29-34(45)47-28(22(4)32(43)31(38)24-12-14-25(39)15-13-24)8-7-9-30(42)41-27(18-23-11-10-21(3)26(37)17-23)33(44)40-19-36(5,6)35(46)48-29/h7,9-15,17,20,22,27-29,31-32,43H,8,16,18-19H2,1-6H3,(H,40,44)(H,41,42)/b9-7+. The van der Waals surface area contributed by atoms with E-state index in [0.717, 1.165) is 5.56 Å². The Labute approximate surface area is 291 Å². The highest BCUT2D eigenvalue weighted by atomic mass is 35.5. The topological polar surface area (TPSA) is 131 Å². The molecule has 0 aliphatic carbocycles. The summed E-state index contributed by atoms with van der Waals surface area (Å²) >= 11 is 12.9. The van der Waals surface area contributed by atoms with Gasteiger partial charge in [-0.25, -0.2) is 9.18 Å². The van der Waals surface area contributed by atoms with Gasteiger partial charge in [0, 0.05) is 30.3 Å². The van der Waals surface area contributed by atoms with Gasteiger partial charge in [0.25, 0.3) is 0 Å². The van der Waals surface area contributed by atoms with Crippen LogP contribution in [0.3, 0.4) is 0 Å². The monoisotopic (exact) mass is 706 g/mol. The van der Waals surface area contributed by atoms with Gasteiger partial charge < -0.3 is 25.2 Å². The van der Waals surface area contributed by atoms with E-state index >= 15 is 0 Å². The van der Waals surface area contributed by atoms with Gasteiger partial charge >= 0.3 is 11.9 Å². The highest BCUT2D eigenvalue weighted by Crippen LogP contribution is 2.32. The zero-order chi connectivity index (χ0) is 35.8. The minimum absolute atomic E-state index is 0.0251. The number of benzene rings is 2. The van der Waals surface area contributed by atoms with E-state index in [1.165, 1.54) is 36.4 Å². The van der Waals surface area contributed by atoms with Crippen LogP contribution in [0.2, 0.25) is 5.02 Å². The summed E-state index contributed by atoms with van der Waals surface area (Å²) in [5.74, 6) is -3.97. The van der Waals surface area contributed by atoms with Crippen molar-refractivity contribution < 1.29 is 38.1 Å². The van der Waals surface area contributed by atoms with Crippen LogP contribution in [0.15, 0.2) is 54.6 Å². The summed E-state index contributed by atoms with van der Waals surface area (Å²) in [6.45, 7) is 10.2. The lowest BCUT2D eigenvalue weighted by molar-refractivity contribution is -0.180. The van der Waals surface area contributed by atoms with E-state index in [1.54, 1.807) is 26.8 Å². The zero-order valence-corrected chi connectivity index (χ0v) is 29.6. The third-order valence-corrected chi connectivity index (χ3v) is 9.20. The molecule has 2 aromatic rings. The first-order chi connectivity index (χ1) is 22.5. The maximum Gasteiger partial charge on any atom is 0.347 e. The van der Waals surface area contributed by atoms with Crippen molar-refractivity contribution in [3.8, 4) is 0 Å². The minimum Gasteiger partial charge on any atom is -0.459 e. The highest BCUT2D eigenvalue weighted by molar-refractivity contribution is 6.31. The van der Waals surface area contributed by atoms with Crippen molar-refractivity contribution in [1.29, 1.82) is 0 Å². The normalized spacial score (nSPS) is 23.7. The van der Waals surface area contributed by atoms with Crippen LogP contribution >= 0.6 is 23.2 Å². The number of amides is 2. The molecule has 9 nitrogen and oxygen atoms in total. The number of halogens is 3. The fourth-order valence-corrected chi connectivity index (χ4v) is 5.65. The number of aliphatic hydroxyl groups excluding tert-OH is 1. The van der Waals surface area contributed by atoms with Gasteiger partial charge in [0.15, 0.2) is 6.10 Å². The van der Waals surface area contributed by atoms with Crippen LogP contribution in [0.4, 0.5) is 4.39 Å². The number of aliphatic hydroxyl groups is 1. The molecule has 0 saturated heterocycles. The average Bonchev–Trinajstić information content (AvgIpc) is 3.02. The van der Waals surface area contributed by atoms with Crippen LogP contribution in [0.5, 0.6) is 0 Å². The number of esters is 2. The van der Waals surface area contributed by atoms with Crippen molar-refractivity contribution in [3.63, 3.8) is 0 Å². The van der Waals surface area contributed by atoms with Crippen LogP contribution in [-0.4, -0.2) is 59.8 Å². The Morgan fingerprint density at radius 3 is 2.33 bits per heavy atom. The molecule has 48 heavy (non-hydrogen) atoms. The maximum atomic E-state index is 13.6. The Morgan fingerprint density at radius 2 is 1.71 bits per heavy atom. The smallest absolute Gasteiger partial charge is 0.347 e. The summed E-state index contributed by atoms with van der Waals surface area (Å²) < 4.78 is 25.1. The lowest BCUT2D eigenvalue weighted by Gasteiger charge is -2.32. The second-order valence-electron chi connectivity index (χ2n) is 13.4. The molecule has 1 heterocycles. The number of hydrogen-bond acceptors (Lipinski definition) is 7. The van der Waals surface area contributed by atoms with E-state index in [2.05, 4.69) is 10.6 Å². The molecule has 0 radical (unpaired) electrons. The van der Waals surface area contributed by atoms with Crippen molar-refractivity contribution in [2.24, 2.45) is 17.3 Å². The lowest BCUT2D eigenvalue weighted by atomic mass is 9.90. The number of cyclic esters (lactones) is 2. The fourth-order valence-electron chi connectivity index (χ4n) is 5.08. The first-order valence-electron chi connectivity index (χ1n) is 16.0. The van der Waals surface area contributed by atoms with E-state index in [4.69, 9.17) is 32.7 Å². The van der Waals surface area contributed by atoms with E-state index in [1.807, 2.05) is 32.9 Å². The first kappa shape index (κ1) is 39.0. The lowest BCUT2D eigenvalue weighted by Crippen LogP contribution is -2.51. The molecule has 0 saturated carbocycles. The quantitative estimate of drug-likeness (QED) is 0.235. The molecule has 6 unspecified atom stereocenters. The van der Waals surface area contributed by atoms with Gasteiger partial charge in [-0.15, -0.1) is 11.6 Å². The highest BCUT2D eigenvalue weighted by Gasteiger charge is 2.38. The van der Waals surface area contributed by atoms with Crippen LogP contribution < -0.4 is 10.6 Å². The van der Waals surface area contributed by atoms with Gasteiger partial charge in [-0.3, -0.25) is 14.4 Å². The molecule has 0 fully saturated rings. The third kappa shape index (κ3) is 11.0. The number of hydrogen-bond donors (Lipinski definition) is 3. The van der Waals surface area contributed by atoms with Crippen molar-refractivity contribution in [2.75, 3.05) is 6.54 Å². The molecule has 2 aromatic carbocycles. The van der Waals surface area contributed by atoms with Crippen molar-refractivity contribution >= 4 is 47.0 Å². The van der Waals surface area contributed by atoms with E-state index in [0.29, 0.717) is 16.1 Å². The molecular formula is C36H45Cl2FN2O7. The molecule has 1 aliphatic heterocycles. The predicted octanol–water partition coefficient (Wildman–Crippen LogP) is 5.76. The Morgan fingerprint density at radius 1 is 1.04 bits per heavy atom. The van der Waals surface area contributed by atoms with Gasteiger partial charge in [-0.1, -0.05) is 62.7 Å². The second kappa shape index (κ2) is 17.3. The van der Waals surface area contributed by atoms with Crippen molar-refractivity contribution in [1.82, 2.24) is 10.6 Å². The molecule has 0 aromatic heterocycles. The van der Waals surface area contributed by atoms with Gasteiger partial charge in [-0.05, 0) is 74.1 Å². The average molecular weight is 708 g/mol. The third-order valence-electron chi connectivity index (χ3n) is 8.28. The number of aryl methyl sites for hydroxylation is 1. The van der Waals surface area contributed by atoms with Gasteiger partial charge in [-0.2, -0.15) is 0 Å². The fraction of sp³-hybridized carbons (Fsp3) is 0.500. The van der Waals surface area contributed by atoms with Crippen LogP contribution in [0.1, 0.15) is 69.5 Å². The van der Waals surface area contributed by atoms with Crippen LogP contribution in [0.25, 0.3) is 0 Å². The Hall–Kier alpha value is -3.47. The maximum absolute atomic E-state index is 13.6. The minimum atomic E-state index is -1.28. The summed E-state index contributed by atoms with van der Waals surface area (Å²) in [5.41, 5.74) is 0.776. The molecule has 3 rings (SSSR count). The largest absolute Gasteiger partial charge is 0.459 e. The summed E-state index contributed by atoms with van der Waals surface area (Å²) in [7, 11) is 0. The van der Waals surface area contributed by atoms with E-state index in [9.17, 15) is 28.7 Å². The number of rotatable bonds is 8. The number of carbonyl (C=O) groups is 4. The molecule has 6 atom stereocenters. The Bertz CT molecular complexity index is 1480. The number of ether oxygens (including phenoxy) is 2. The van der Waals surface area contributed by atoms with Crippen molar-refractivity contribution in [2.45, 2.75) is 90.5 Å². The van der Waals surface area contributed by atoms with Gasteiger partial charge in [0.05, 0.1) is 16.9 Å². The van der Waals surface area contributed by atoms with Gasteiger partial charge in [0.2, 0.25) is 11.8 Å². The molecule has 2 amide bonds. The molecule has 12 heteroatoms. The predicted molar refractivity (Wildman–Crippen MR) is 182 cm³/mol. The molecule has 3 N–H and O–H groups in total.